The predicted molar refractivity (Wildman–Crippen MR) is 150 cm³/mol. The second kappa shape index (κ2) is 12.8. The molecule has 4 aromatic rings. The van der Waals surface area contributed by atoms with Crippen molar-refractivity contribution in [1.82, 2.24) is 14.9 Å². The fourth-order valence-corrected chi connectivity index (χ4v) is 4.88. The van der Waals surface area contributed by atoms with E-state index in [0.717, 1.165) is 22.9 Å². The number of nitrogens with zero attached hydrogens (tertiary/aromatic N) is 2. The first-order chi connectivity index (χ1) is 21.4. The van der Waals surface area contributed by atoms with Gasteiger partial charge in [-0.15, -0.1) is 0 Å². The molecule has 0 aliphatic heterocycles. The molecule has 46 heavy (non-hydrogen) atoms. The molecule has 2 atom stereocenters. The smallest absolute Gasteiger partial charge is 0.417 e. The molecule has 0 aliphatic carbocycles. The van der Waals surface area contributed by atoms with Gasteiger partial charge in [0.05, 0.1) is 16.6 Å². The minimum Gasteiger partial charge on any atom is -0.480 e. The van der Waals surface area contributed by atoms with Gasteiger partial charge >= 0.3 is 18.3 Å². The van der Waals surface area contributed by atoms with Crippen LogP contribution in [0.3, 0.4) is 0 Å². The molecule has 0 radical (unpaired) electrons. The molecule has 0 saturated carbocycles. The first kappa shape index (κ1) is 33.9. The van der Waals surface area contributed by atoms with Crippen molar-refractivity contribution >= 4 is 28.5 Å². The quantitative estimate of drug-likeness (QED) is 0.189. The monoisotopic (exact) mass is 656 g/mol. The Labute approximate surface area is 254 Å². The number of halogens is 8. The number of fused-ring (bicyclic) bond motifs is 1. The van der Waals surface area contributed by atoms with E-state index in [1.165, 1.54) is 38.4 Å². The molecule has 1 amide bonds. The van der Waals surface area contributed by atoms with E-state index in [1.807, 2.05) is 10.6 Å². The summed E-state index contributed by atoms with van der Waals surface area (Å²) < 4.78 is 111. The number of benzene rings is 2. The van der Waals surface area contributed by atoms with Crippen LogP contribution in [0.5, 0.6) is 0 Å². The zero-order chi connectivity index (χ0) is 34.1. The minimum absolute atomic E-state index is 0.0892. The lowest BCUT2D eigenvalue weighted by molar-refractivity contribution is -0.143. The largest absolute Gasteiger partial charge is 0.480 e. The van der Waals surface area contributed by atoms with Crippen LogP contribution in [0.1, 0.15) is 34.8 Å². The van der Waals surface area contributed by atoms with Crippen LogP contribution in [0.4, 0.5) is 40.8 Å². The predicted octanol–water partition coefficient (Wildman–Crippen LogP) is 6.08. The molecule has 0 bridgehead atoms. The number of carbonyl (C=O) groups excluding carboxylic acids is 1. The molecule has 2 aromatic carbocycles. The SMILES string of the molecule is CC[C@@H](Nc1cc(F)c(C(=O)N[C@@H](Cc2ccc(-c3c(C(F)(F)F)ccn(C)c3=O)c3ncccc23)C(=O)O)c(F)c1)C(F)(F)F. The van der Waals surface area contributed by atoms with Gasteiger partial charge in [-0.25, -0.2) is 13.6 Å². The Kier molecular flexibility index (Phi) is 9.40. The number of hydrogen-bond donors (Lipinski definition) is 3. The molecule has 2 aromatic heterocycles. The average Bonchev–Trinajstić information content (AvgIpc) is 2.95. The van der Waals surface area contributed by atoms with Gasteiger partial charge in [0.2, 0.25) is 0 Å². The molecule has 0 fully saturated rings. The highest BCUT2D eigenvalue weighted by Gasteiger charge is 2.39. The maximum atomic E-state index is 14.8. The van der Waals surface area contributed by atoms with Crippen LogP contribution in [-0.2, 0) is 24.4 Å². The highest BCUT2D eigenvalue weighted by molar-refractivity contribution is 5.99. The van der Waals surface area contributed by atoms with Crippen LogP contribution in [0.2, 0.25) is 0 Å². The summed E-state index contributed by atoms with van der Waals surface area (Å²) in [6, 6.07) is 2.86. The molecular weight excluding hydrogens is 632 g/mol. The summed E-state index contributed by atoms with van der Waals surface area (Å²) in [5.41, 5.74) is -4.89. The van der Waals surface area contributed by atoms with Crippen LogP contribution in [0.15, 0.2) is 59.7 Å². The fraction of sp³-hybridized carbons (Fsp3) is 0.267. The van der Waals surface area contributed by atoms with Crippen molar-refractivity contribution < 1.29 is 49.8 Å². The van der Waals surface area contributed by atoms with E-state index in [1.54, 1.807) is 0 Å². The third-order valence-electron chi connectivity index (χ3n) is 7.14. The number of aromatic nitrogens is 2. The zero-order valence-corrected chi connectivity index (χ0v) is 23.9. The molecule has 0 unspecified atom stereocenters. The number of carbonyl (C=O) groups is 2. The maximum absolute atomic E-state index is 14.8. The second-order valence-corrected chi connectivity index (χ2v) is 10.2. The molecule has 244 valence electrons. The van der Waals surface area contributed by atoms with E-state index in [9.17, 15) is 54.6 Å². The van der Waals surface area contributed by atoms with E-state index in [-0.39, 0.29) is 22.0 Å². The van der Waals surface area contributed by atoms with Gasteiger partial charge in [-0.05, 0) is 36.2 Å². The number of alkyl halides is 6. The number of hydrogen-bond acceptors (Lipinski definition) is 5. The fourth-order valence-electron chi connectivity index (χ4n) is 4.88. The van der Waals surface area contributed by atoms with Gasteiger partial charge in [-0.1, -0.05) is 25.1 Å². The van der Waals surface area contributed by atoms with E-state index < -0.39 is 88.7 Å². The Hall–Kier alpha value is -5.02. The van der Waals surface area contributed by atoms with E-state index in [2.05, 4.69) is 4.98 Å². The summed E-state index contributed by atoms with van der Waals surface area (Å²) in [6.07, 6.45) is -8.45. The molecular formula is C30H24F8N4O4. The molecule has 16 heteroatoms. The Morgan fingerprint density at radius 3 is 2.24 bits per heavy atom. The van der Waals surface area contributed by atoms with Gasteiger partial charge in [-0.2, -0.15) is 26.3 Å². The number of carboxylic acids is 1. The maximum Gasteiger partial charge on any atom is 0.417 e. The van der Waals surface area contributed by atoms with Crippen molar-refractivity contribution in [3.05, 3.63) is 93.5 Å². The summed E-state index contributed by atoms with van der Waals surface area (Å²) in [5, 5.41) is 13.9. The summed E-state index contributed by atoms with van der Waals surface area (Å²) in [6.45, 7) is 1.20. The first-order valence-electron chi connectivity index (χ1n) is 13.4. The third-order valence-corrected chi connectivity index (χ3v) is 7.14. The van der Waals surface area contributed by atoms with Gasteiger partial charge < -0.3 is 20.3 Å². The van der Waals surface area contributed by atoms with Gasteiger partial charge in [0.1, 0.15) is 29.3 Å². The highest BCUT2D eigenvalue weighted by atomic mass is 19.4. The standard InChI is InChI=1S/C30H24F8N4O4/c1-3-22(30(36,37)38)40-15-12-19(31)24(20(32)13-15)26(43)41-21(28(45)46)11-14-6-7-17(25-16(14)5-4-9-39-25)23-18(29(33,34)35)8-10-42(2)27(23)44/h4-10,12-13,21-22,40H,3,11H2,1-2H3,(H,41,43)(H,45,46)/t21-,22+/m0/s1. The van der Waals surface area contributed by atoms with Crippen molar-refractivity contribution in [2.24, 2.45) is 7.05 Å². The van der Waals surface area contributed by atoms with Gasteiger partial charge in [0.15, 0.2) is 0 Å². The Morgan fingerprint density at radius 2 is 1.67 bits per heavy atom. The first-order valence-corrected chi connectivity index (χ1v) is 13.4. The van der Waals surface area contributed by atoms with Crippen LogP contribution in [0, 0.1) is 11.6 Å². The van der Waals surface area contributed by atoms with E-state index >= 15 is 0 Å². The third kappa shape index (κ3) is 6.94. The van der Waals surface area contributed by atoms with Crippen molar-refractivity contribution in [1.29, 1.82) is 0 Å². The summed E-state index contributed by atoms with van der Waals surface area (Å²) in [7, 11) is 1.26. The van der Waals surface area contributed by atoms with Gasteiger partial charge in [0.25, 0.3) is 11.5 Å². The van der Waals surface area contributed by atoms with E-state index in [4.69, 9.17) is 0 Å². The summed E-state index contributed by atoms with van der Waals surface area (Å²) in [5.74, 6) is -6.31. The minimum atomic E-state index is -4.91. The Bertz CT molecular complexity index is 1850. The van der Waals surface area contributed by atoms with E-state index in [0.29, 0.717) is 12.1 Å². The lowest BCUT2D eigenvalue weighted by atomic mass is 9.93. The van der Waals surface area contributed by atoms with Crippen molar-refractivity contribution in [2.45, 2.75) is 44.2 Å². The lowest BCUT2D eigenvalue weighted by Gasteiger charge is -2.22. The second-order valence-electron chi connectivity index (χ2n) is 10.2. The normalized spacial score (nSPS) is 13.3. The number of aryl methyl sites for hydroxylation is 1. The highest BCUT2D eigenvalue weighted by Crippen LogP contribution is 2.38. The summed E-state index contributed by atoms with van der Waals surface area (Å²) >= 11 is 0. The van der Waals surface area contributed by atoms with Crippen molar-refractivity contribution in [2.75, 3.05) is 5.32 Å². The van der Waals surface area contributed by atoms with Gasteiger partial charge in [0, 0.05) is 42.5 Å². The molecule has 2 heterocycles. The number of pyridine rings is 2. The molecule has 8 nitrogen and oxygen atoms in total. The number of anilines is 1. The molecule has 3 N–H and O–H groups in total. The number of amides is 1. The molecule has 0 saturated heterocycles. The van der Waals surface area contributed by atoms with Crippen LogP contribution in [0.25, 0.3) is 22.0 Å². The lowest BCUT2D eigenvalue weighted by Crippen LogP contribution is -2.43. The molecule has 0 spiro atoms. The number of aliphatic carboxylic acids is 1. The van der Waals surface area contributed by atoms with Crippen LogP contribution >= 0.6 is 0 Å². The van der Waals surface area contributed by atoms with Crippen LogP contribution in [-0.4, -0.2) is 44.8 Å². The van der Waals surface area contributed by atoms with Crippen LogP contribution < -0.4 is 16.2 Å². The average molecular weight is 657 g/mol. The van der Waals surface area contributed by atoms with Crippen molar-refractivity contribution in [3.8, 4) is 11.1 Å². The molecule has 0 aliphatic rings. The molecule has 4 rings (SSSR count). The number of carboxylic acid groups (broad SMARTS) is 1. The zero-order valence-electron chi connectivity index (χ0n) is 23.9. The Morgan fingerprint density at radius 1 is 1.02 bits per heavy atom. The topological polar surface area (TPSA) is 113 Å². The summed E-state index contributed by atoms with van der Waals surface area (Å²) in [4.78, 5) is 41.9. The van der Waals surface area contributed by atoms with Crippen molar-refractivity contribution in [3.63, 3.8) is 0 Å². The Balaban J connectivity index is 1.69. The number of rotatable bonds is 9. The van der Waals surface area contributed by atoms with Gasteiger partial charge in [-0.3, -0.25) is 14.6 Å². The number of nitrogens with one attached hydrogen (secondary N) is 2.